The predicted octanol–water partition coefficient (Wildman–Crippen LogP) is 3.28. The Hall–Kier alpha value is -2.27. The Morgan fingerprint density at radius 3 is 2.77 bits per heavy atom. The number of furan rings is 1. The molecule has 2 heterocycles. The number of rotatable bonds is 5. The highest BCUT2D eigenvalue weighted by Crippen LogP contribution is 2.29. The van der Waals surface area contributed by atoms with E-state index in [-0.39, 0.29) is 5.91 Å². The fraction of sp³-hybridized carbons (Fsp3) is 0.353. The maximum Gasteiger partial charge on any atom is 0.291 e. The molecule has 0 spiro atoms. The molecule has 1 amide bonds. The summed E-state index contributed by atoms with van der Waals surface area (Å²) in [5.41, 5.74) is 1.89. The van der Waals surface area contributed by atoms with Crippen molar-refractivity contribution >= 4 is 17.3 Å². The molecule has 0 atom stereocenters. The van der Waals surface area contributed by atoms with Crippen molar-refractivity contribution in [1.82, 2.24) is 0 Å². The van der Waals surface area contributed by atoms with Gasteiger partial charge >= 0.3 is 0 Å². The lowest BCUT2D eigenvalue weighted by Crippen LogP contribution is -2.21. The van der Waals surface area contributed by atoms with E-state index in [1.807, 2.05) is 24.3 Å². The van der Waals surface area contributed by atoms with Crippen LogP contribution >= 0.6 is 0 Å². The van der Waals surface area contributed by atoms with E-state index < -0.39 is 0 Å². The van der Waals surface area contributed by atoms with Crippen molar-refractivity contribution in [3.63, 3.8) is 0 Å². The van der Waals surface area contributed by atoms with E-state index in [4.69, 9.17) is 9.15 Å². The number of amides is 1. The molecule has 1 aliphatic rings. The lowest BCUT2D eigenvalue weighted by molar-refractivity contribution is 0.0987. The van der Waals surface area contributed by atoms with Crippen LogP contribution in [0.25, 0.3) is 0 Å². The molecule has 1 aliphatic heterocycles. The number of benzene rings is 1. The van der Waals surface area contributed by atoms with Gasteiger partial charge in [0, 0.05) is 20.2 Å². The van der Waals surface area contributed by atoms with Gasteiger partial charge < -0.3 is 19.4 Å². The first-order valence-corrected chi connectivity index (χ1v) is 7.51. The largest absolute Gasteiger partial charge is 0.453 e. The van der Waals surface area contributed by atoms with Crippen molar-refractivity contribution in [3.8, 4) is 0 Å². The van der Waals surface area contributed by atoms with Gasteiger partial charge in [0.25, 0.3) is 5.91 Å². The molecule has 5 nitrogen and oxygen atoms in total. The summed E-state index contributed by atoms with van der Waals surface area (Å²) in [6, 6.07) is 11.3. The van der Waals surface area contributed by atoms with Crippen molar-refractivity contribution in [3.05, 3.63) is 47.9 Å². The molecule has 1 aromatic carbocycles. The van der Waals surface area contributed by atoms with E-state index in [2.05, 4.69) is 10.2 Å². The average molecular weight is 300 g/mol. The third-order valence-electron chi connectivity index (χ3n) is 3.77. The monoisotopic (exact) mass is 300 g/mol. The van der Waals surface area contributed by atoms with Gasteiger partial charge in [-0.1, -0.05) is 12.1 Å². The first-order valence-electron chi connectivity index (χ1n) is 7.51. The molecule has 1 aromatic heterocycles. The normalized spacial score (nSPS) is 14.3. The summed E-state index contributed by atoms with van der Waals surface area (Å²) in [5, 5.41) is 2.94. The number of carbonyl (C=O) groups excluding carboxylic acids is 1. The van der Waals surface area contributed by atoms with Crippen LogP contribution in [0.15, 0.2) is 40.8 Å². The molecular formula is C17H20N2O3. The van der Waals surface area contributed by atoms with Crippen LogP contribution in [-0.4, -0.2) is 26.1 Å². The lowest BCUT2D eigenvalue weighted by Gasteiger charge is -2.21. The lowest BCUT2D eigenvalue weighted by atomic mass is 10.2. The van der Waals surface area contributed by atoms with Gasteiger partial charge in [0.2, 0.25) is 0 Å². The van der Waals surface area contributed by atoms with Crippen LogP contribution in [0.2, 0.25) is 0 Å². The van der Waals surface area contributed by atoms with Crippen molar-refractivity contribution in [2.75, 3.05) is 30.4 Å². The highest BCUT2D eigenvalue weighted by atomic mass is 16.5. The molecule has 0 bridgehead atoms. The van der Waals surface area contributed by atoms with Crippen LogP contribution in [0.5, 0.6) is 0 Å². The Labute approximate surface area is 129 Å². The van der Waals surface area contributed by atoms with Crippen molar-refractivity contribution in [2.45, 2.75) is 19.4 Å². The highest BCUT2D eigenvalue weighted by molar-refractivity contribution is 6.04. The van der Waals surface area contributed by atoms with E-state index in [1.165, 1.54) is 12.8 Å². The smallest absolute Gasteiger partial charge is 0.291 e. The summed E-state index contributed by atoms with van der Waals surface area (Å²) in [7, 11) is 1.59. The second kappa shape index (κ2) is 6.66. The standard InChI is InChI=1S/C17H20N2O3/c1-21-12-13-8-9-16(22-13)17(20)18-14-6-2-3-7-15(14)19-10-4-5-11-19/h2-3,6-9H,4-5,10-12H2,1H3,(H,18,20). The number of carbonyl (C=O) groups is 1. The Balaban J connectivity index is 1.75. The van der Waals surface area contributed by atoms with Gasteiger partial charge in [0.15, 0.2) is 5.76 Å². The zero-order valence-electron chi connectivity index (χ0n) is 12.7. The number of anilines is 2. The minimum Gasteiger partial charge on any atom is -0.453 e. The topological polar surface area (TPSA) is 54.7 Å². The Morgan fingerprint density at radius 1 is 1.23 bits per heavy atom. The van der Waals surface area contributed by atoms with Crippen LogP contribution in [0, 0.1) is 0 Å². The third kappa shape index (κ3) is 3.14. The zero-order chi connectivity index (χ0) is 15.4. The molecule has 116 valence electrons. The Kier molecular flexibility index (Phi) is 4.44. The van der Waals surface area contributed by atoms with Gasteiger partial charge in [0.05, 0.1) is 11.4 Å². The number of nitrogens with zero attached hydrogens (tertiary/aromatic N) is 1. The number of nitrogens with one attached hydrogen (secondary N) is 1. The predicted molar refractivity (Wildman–Crippen MR) is 85.3 cm³/mol. The van der Waals surface area contributed by atoms with Crippen LogP contribution in [0.4, 0.5) is 11.4 Å². The highest BCUT2D eigenvalue weighted by Gasteiger charge is 2.18. The summed E-state index contributed by atoms with van der Waals surface area (Å²) in [4.78, 5) is 14.6. The molecule has 3 rings (SSSR count). The maximum absolute atomic E-state index is 12.3. The molecule has 1 fully saturated rings. The second-order valence-electron chi connectivity index (χ2n) is 5.36. The summed E-state index contributed by atoms with van der Waals surface area (Å²) < 4.78 is 10.5. The minimum atomic E-state index is -0.242. The van der Waals surface area contributed by atoms with Crippen LogP contribution in [0.3, 0.4) is 0 Å². The summed E-state index contributed by atoms with van der Waals surface area (Å²) in [6.45, 7) is 2.43. The summed E-state index contributed by atoms with van der Waals surface area (Å²) in [6.07, 6.45) is 2.39. The number of para-hydroxylation sites is 2. The molecule has 22 heavy (non-hydrogen) atoms. The first kappa shape index (κ1) is 14.7. The first-order chi connectivity index (χ1) is 10.8. The van der Waals surface area contributed by atoms with E-state index >= 15 is 0 Å². The quantitative estimate of drug-likeness (QED) is 0.920. The number of hydrogen-bond acceptors (Lipinski definition) is 4. The van der Waals surface area contributed by atoms with Gasteiger partial charge in [0.1, 0.15) is 12.4 Å². The van der Waals surface area contributed by atoms with Crippen molar-refractivity contribution in [1.29, 1.82) is 0 Å². The van der Waals surface area contributed by atoms with Crippen LogP contribution in [0.1, 0.15) is 29.2 Å². The van der Waals surface area contributed by atoms with E-state index in [1.54, 1.807) is 19.2 Å². The molecule has 1 saturated heterocycles. The molecule has 5 heteroatoms. The van der Waals surface area contributed by atoms with E-state index in [0.717, 1.165) is 24.5 Å². The molecule has 0 saturated carbocycles. The fourth-order valence-electron chi connectivity index (χ4n) is 2.72. The van der Waals surface area contributed by atoms with Gasteiger partial charge in [-0.2, -0.15) is 0 Å². The van der Waals surface area contributed by atoms with Gasteiger partial charge in [-0.3, -0.25) is 4.79 Å². The molecule has 0 radical (unpaired) electrons. The zero-order valence-corrected chi connectivity index (χ0v) is 12.7. The van der Waals surface area contributed by atoms with Crippen LogP contribution in [-0.2, 0) is 11.3 Å². The van der Waals surface area contributed by atoms with Crippen LogP contribution < -0.4 is 10.2 Å². The van der Waals surface area contributed by atoms with Crippen molar-refractivity contribution in [2.24, 2.45) is 0 Å². The Bertz CT molecular complexity index is 645. The van der Waals surface area contributed by atoms with E-state index in [0.29, 0.717) is 18.1 Å². The van der Waals surface area contributed by atoms with Gasteiger partial charge in [-0.15, -0.1) is 0 Å². The van der Waals surface area contributed by atoms with Crippen molar-refractivity contribution < 1.29 is 13.9 Å². The SMILES string of the molecule is COCc1ccc(C(=O)Nc2ccccc2N2CCCC2)o1. The Morgan fingerprint density at radius 2 is 2.00 bits per heavy atom. The summed E-state index contributed by atoms with van der Waals surface area (Å²) in [5.74, 6) is 0.692. The number of methoxy groups -OCH3 is 1. The average Bonchev–Trinajstić information content (AvgIpc) is 3.19. The minimum absolute atomic E-state index is 0.242. The van der Waals surface area contributed by atoms with E-state index in [9.17, 15) is 4.79 Å². The number of ether oxygens (including phenoxy) is 1. The summed E-state index contributed by atoms with van der Waals surface area (Å²) >= 11 is 0. The van der Waals surface area contributed by atoms with Gasteiger partial charge in [-0.25, -0.2) is 0 Å². The fourth-order valence-corrected chi connectivity index (χ4v) is 2.72. The molecule has 0 aliphatic carbocycles. The number of hydrogen-bond donors (Lipinski definition) is 1. The molecule has 1 N–H and O–H groups in total. The molecule has 0 unspecified atom stereocenters. The third-order valence-corrected chi connectivity index (χ3v) is 3.77. The second-order valence-corrected chi connectivity index (χ2v) is 5.36. The maximum atomic E-state index is 12.3. The van der Waals surface area contributed by atoms with Gasteiger partial charge in [-0.05, 0) is 37.1 Å². The molecule has 2 aromatic rings. The molecular weight excluding hydrogens is 280 g/mol.